The van der Waals surface area contributed by atoms with Crippen LogP contribution in [0, 0.1) is 11.5 Å². The summed E-state index contributed by atoms with van der Waals surface area (Å²) in [4.78, 5) is 12.4. The molecule has 29 heavy (non-hydrogen) atoms. The van der Waals surface area contributed by atoms with Gasteiger partial charge < -0.3 is 10.6 Å². The summed E-state index contributed by atoms with van der Waals surface area (Å²) in [6, 6.07) is 20.2. The third-order valence-electron chi connectivity index (χ3n) is 3.87. The largest absolute Gasteiger partial charge is 0.323 e. The zero-order valence-electron chi connectivity index (χ0n) is 14.9. The van der Waals surface area contributed by atoms with Gasteiger partial charge in [-0.25, -0.2) is 4.79 Å². The molecule has 0 atom stereocenters. The molecule has 0 aliphatic rings. The van der Waals surface area contributed by atoms with E-state index in [0.29, 0.717) is 14.5 Å². The highest BCUT2D eigenvalue weighted by Crippen LogP contribution is 2.30. The van der Waals surface area contributed by atoms with Gasteiger partial charge in [-0.1, -0.05) is 42.5 Å². The van der Waals surface area contributed by atoms with Gasteiger partial charge in [-0.2, -0.15) is 18.0 Å². The lowest BCUT2D eigenvalue weighted by molar-refractivity contribution is 0.262. The summed E-state index contributed by atoms with van der Waals surface area (Å²) in [6.45, 7) is 0. The van der Waals surface area contributed by atoms with Crippen molar-refractivity contribution < 1.29 is 13.2 Å². The second-order valence-electron chi connectivity index (χ2n) is 5.76. The van der Waals surface area contributed by atoms with Crippen LogP contribution in [0.25, 0.3) is 0 Å². The number of hydrogen-bond acceptors (Lipinski definition) is 4. The van der Waals surface area contributed by atoms with E-state index in [1.54, 1.807) is 54.7 Å². The summed E-state index contributed by atoms with van der Waals surface area (Å²) in [5.74, 6) is 0. The molecule has 0 aliphatic carbocycles. The van der Waals surface area contributed by atoms with Gasteiger partial charge in [0, 0.05) is 4.47 Å². The van der Waals surface area contributed by atoms with Crippen molar-refractivity contribution in [2.45, 2.75) is 4.90 Å². The van der Waals surface area contributed by atoms with E-state index in [1.165, 1.54) is 24.3 Å². The lowest BCUT2D eigenvalue weighted by Gasteiger charge is -2.19. The van der Waals surface area contributed by atoms with Crippen LogP contribution in [0.3, 0.4) is 0 Å². The molecule has 9 heteroatoms. The summed E-state index contributed by atoms with van der Waals surface area (Å²) >= 11 is 3.34. The van der Waals surface area contributed by atoms with E-state index in [2.05, 4.69) is 26.6 Å². The van der Waals surface area contributed by atoms with Gasteiger partial charge in [0.25, 0.3) is 10.0 Å². The van der Waals surface area contributed by atoms with Crippen molar-refractivity contribution >= 4 is 49.0 Å². The Hall–Kier alpha value is -3.35. The minimum absolute atomic E-state index is 0.0288. The Labute approximate surface area is 176 Å². The first-order valence-electron chi connectivity index (χ1n) is 8.35. The van der Waals surface area contributed by atoms with Crippen LogP contribution in [-0.2, 0) is 10.0 Å². The van der Waals surface area contributed by atoms with E-state index >= 15 is 0 Å². The van der Waals surface area contributed by atoms with Gasteiger partial charge in [0.05, 0.1) is 22.0 Å². The fourth-order valence-corrected chi connectivity index (χ4v) is 4.15. The van der Waals surface area contributed by atoms with Gasteiger partial charge >= 0.3 is 6.03 Å². The van der Waals surface area contributed by atoms with Gasteiger partial charge in [0.15, 0.2) is 6.19 Å². The van der Waals surface area contributed by atoms with E-state index in [9.17, 15) is 18.5 Å². The molecule has 0 aromatic heterocycles. The third kappa shape index (κ3) is 4.56. The summed E-state index contributed by atoms with van der Waals surface area (Å²) in [7, 11) is -4.14. The number of halogens is 1. The van der Waals surface area contributed by atoms with Crippen molar-refractivity contribution in [1.82, 2.24) is 0 Å². The number of carbonyl (C=O) groups is 1. The van der Waals surface area contributed by atoms with Crippen LogP contribution in [0.1, 0.15) is 0 Å². The van der Waals surface area contributed by atoms with Crippen LogP contribution >= 0.6 is 15.9 Å². The van der Waals surface area contributed by atoms with Crippen molar-refractivity contribution in [3.05, 3.63) is 83.3 Å². The molecule has 2 amide bonds. The topological polar surface area (TPSA) is 102 Å². The van der Waals surface area contributed by atoms with Crippen molar-refractivity contribution in [1.29, 1.82) is 5.26 Å². The van der Waals surface area contributed by atoms with Crippen molar-refractivity contribution in [3.8, 4) is 6.19 Å². The number of benzene rings is 3. The Morgan fingerprint density at radius 2 is 1.41 bits per heavy atom. The predicted octanol–water partition coefficient (Wildman–Crippen LogP) is 4.77. The number of hydrogen-bond donors (Lipinski definition) is 2. The number of nitrogens with zero attached hydrogens (tertiary/aromatic N) is 2. The lowest BCUT2D eigenvalue weighted by Crippen LogP contribution is -2.28. The first kappa shape index (κ1) is 20.4. The molecule has 0 saturated heterocycles. The van der Waals surface area contributed by atoms with Crippen LogP contribution in [0.5, 0.6) is 0 Å². The molecule has 7 nitrogen and oxygen atoms in total. The Bertz CT molecular complexity index is 1180. The molecule has 146 valence electrons. The highest BCUT2D eigenvalue weighted by atomic mass is 79.9. The number of amides is 2. The molecule has 3 aromatic carbocycles. The number of sulfonamides is 1. The molecule has 0 fully saturated rings. The number of urea groups is 1. The van der Waals surface area contributed by atoms with E-state index < -0.39 is 16.1 Å². The average molecular weight is 471 g/mol. The Morgan fingerprint density at radius 1 is 0.862 bits per heavy atom. The molecule has 3 aromatic rings. The number of para-hydroxylation sites is 3. The molecule has 0 spiro atoms. The summed E-state index contributed by atoms with van der Waals surface area (Å²) in [5.41, 5.74) is 0.732. The smallest absolute Gasteiger partial charge is 0.307 e. The zero-order valence-corrected chi connectivity index (χ0v) is 17.3. The second-order valence-corrected chi connectivity index (χ2v) is 8.40. The second kappa shape index (κ2) is 8.77. The molecular weight excluding hydrogens is 456 g/mol. The molecular formula is C20H15BrN4O3S. The van der Waals surface area contributed by atoms with Crippen LogP contribution in [0.2, 0.25) is 0 Å². The number of nitriles is 1. The van der Waals surface area contributed by atoms with E-state index in [4.69, 9.17) is 0 Å². The monoisotopic (exact) mass is 470 g/mol. The third-order valence-corrected chi connectivity index (χ3v) is 6.18. The van der Waals surface area contributed by atoms with Crippen LogP contribution < -0.4 is 14.9 Å². The molecule has 3 rings (SSSR count). The minimum Gasteiger partial charge on any atom is -0.307 e. The molecule has 0 saturated carbocycles. The highest BCUT2D eigenvalue weighted by Gasteiger charge is 2.27. The molecule has 2 N–H and O–H groups in total. The van der Waals surface area contributed by atoms with Gasteiger partial charge in [-0.15, -0.1) is 0 Å². The zero-order chi connectivity index (χ0) is 20.9. The first-order valence-corrected chi connectivity index (χ1v) is 10.6. The quantitative estimate of drug-likeness (QED) is 0.413. The normalized spacial score (nSPS) is 10.6. The highest BCUT2D eigenvalue weighted by molar-refractivity contribution is 9.10. The van der Waals surface area contributed by atoms with Crippen molar-refractivity contribution in [3.63, 3.8) is 0 Å². The minimum atomic E-state index is -4.14. The van der Waals surface area contributed by atoms with Gasteiger partial charge in [0.1, 0.15) is 0 Å². The first-order chi connectivity index (χ1) is 13.9. The molecule has 0 aliphatic heterocycles. The molecule has 0 radical (unpaired) electrons. The molecule has 0 heterocycles. The lowest BCUT2D eigenvalue weighted by atomic mass is 10.2. The standard InChI is InChI=1S/C20H15BrN4O3S/c21-16-10-4-5-11-17(16)23-20(26)24-18-12-6-7-13-19(18)25(14-22)29(27,28)15-8-2-1-3-9-15/h1-13H,(H2,23,24,26). The predicted molar refractivity (Wildman–Crippen MR) is 115 cm³/mol. The number of rotatable bonds is 5. The van der Waals surface area contributed by atoms with Gasteiger partial charge in [0.2, 0.25) is 0 Å². The fraction of sp³-hybridized carbons (Fsp3) is 0. The van der Waals surface area contributed by atoms with Gasteiger partial charge in [-0.3, -0.25) is 0 Å². The maximum Gasteiger partial charge on any atom is 0.323 e. The molecule has 0 bridgehead atoms. The van der Waals surface area contributed by atoms with E-state index in [0.717, 1.165) is 0 Å². The fourth-order valence-electron chi connectivity index (χ4n) is 2.53. The van der Waals surface area contributed by atoms with Crippen molar-refractivity contribution in [2.24, 2.45) is 0 Å². The van der Waals surface area contributed by atoms with E-state index in [-0.39, 0.29) is 16.3 Å². The van der Waals surface area contributed by atoms with Crippen LogP contribution in [0.15, 0.2) is 88.2 Å². The summed E-state index contributed by atoms with van der Waals surface area (Å²) in [6.07, 6.45) is 1.70. The Kier molecular flexibility index (Phi) is 6.16. The van der Waals surface area contributed by atoms with Crippen molar-refractivity contribution in [2.75, 3.05) is 14.9 Å². The average Bonchev–Trinajstić information content (AvgIpc) is 2.72. The van der Waals surface area contributed by atoms with E-state index in [1.807, 2.05) is 6.07 Å². The molecule has 0 unspecified atom stereocenters. The number of carbonyl (C=O) groups excluding carboxylic acids is 1. The Balaban J connectivity index is 1.91. The Morgan fingerprint density at radius 3 is 2.07 bits per heavy atom. The van der Waals surface area contributed by atoms with Gasteiger partial charge in [-0.05, 0) is 52.3 Å². The number of anilines is 3. The maximum absolute atomic E-state index is 12.9. The number of nitrogens with one attached hydrogen (secondary N) is 2. The summed E-state index contributed by atoms with van der Waals surface area (Å²) in [5, 5.41) is 14.8. The van der Waals surface area contributed by atoms with Crippen LogP contribution in [0.4, 0.5) is 21.9 Å². The maximum atomic E-state index is 12.9. The van der Waals surface area contributed by atoms with Crippen LogP contribution in [-0.4, -0.2) is 14.4 Å². The SMILES string of the molecule is N#CN(c1ccccc1NC(=O)Nc1ccccc1Br)S(=O)(=O)c1ccccc1. The summed E-state index contributed by atoms with van der Waals surface area (Å²) < 4.78 is 27.1.